The lowest BCUT2D eigenvalue weighted by molar-refractivity contribution is 0.399. The van der Waals surface area contributed by atoms with Crippen LogP contribution in [0.15, 0.2) is 6.33 Å². The largest absolute Gasteiger partial charge is 0.368 e. The van der Waals surface area contributed by atoms with Gasteiger partial charge in [-0.3, -0.25) is 0 Å². The zero-order valence-electron chi connectivity index (χ0n) is 10.1. The first-order chi connectivity index (χ1) is 8.72. The molecule has 1 unspecified atom stereocenters. The van der Waals surface area contributed by atoms with Gasteiger partial charge in [0.1, 0.15) is 5.52 Å². The maximum Gasteiger partial charge on any atom is 0.226 e. The fourth-order valence-corrected chi connectivity index (χ4v) is 2.53. The van der Waals surface area contributed by atoms with E-state index in [2.05, 4.69) is 37.2 Å². The van der Waals surface area contributed by atoms with Crippen molar-refractivity contribution >= 4 is 28.6 Å². The first-order valence-electron chi connectivity index (χ1n) is 6.01. The van der Waals surface area contributed by atoms with Gasteiger partial charge in [0, 0.05) is 13.1 Å². The van der Waals surface area contributed by atoms with Crippen LogP contribution >= 0.6 is 11.6 Å². The summed E-state index contributed by atoms with van der Waals surface area (Å²) in [5.41, 5.74) is 1.41. The second kappa shape index (κ2) is 4.70. The third-order valence-corrected chi connectivity index (χ3v) is 3.47. The third kappa shape index (κ3) is 2.26. The van der Waals surface area contributed by atoms with Crippen LogP contribution in [0.1, 0.15) is 6.42 Å². The van der Waals surface area contributed by atoms with E-state index in [-0.39, 0.29) is 5.28 Å². The van der Waals surface area contributed by atoms with Crippen molar-refractivity contribution in [2.75, 3.05) is 32.0 Å². The Bertz CT molecular complexity index is 553. The van der Waals surface area contributed by atoms with Gasteiger partial charge in [0.25, 0.3) is 0 Å². The molecule has 0 aromatic carbocycles. The molecule has 6 nitrogen and oxygen atoms in total. The molecule has 1 aliphatic heterocycles. The topological polar surface area (TPSA) is 69.7 Å². The summed E-state index contributed by atoms with van der Waals surface area (Å²) < 4.78 is 0. The number of nitrogens with zero attached hydrogens (tertiary/aromatic N) is 4. The molecule has 2 aromatic heterocycles. The first-order valence-corrected chi connectivity index (χ1v) is 6.39. The van der Waals surface area contributed by atoms with Gasteiger partial charge in [-0.25, -0.2) is 4.98 Å². The number of fused-ring (bicyclic) bond motifs is 1. The fraction of sp³-hybridized carbons (Fsp3) is 0.545. The van der Waals surface area contributed by atoms with Gasteiger partial charge in [-0.15, -0.1) is 0 Å². The van der Waals surface area contributed by atoms with Crippen LogP contribution in [0.2, 0.25) is 5.28 Å². The zero-order valence-corrected chi connectivity index (χ0v) is 10.9. The summed E-state index contributed by atoms with van der Waals surface area (Å²) in [5, 5.41) is 3.57. The summed E-state index contributed by atoms with van der Waals surface area (Å²) in [6, 6.07) is 0. The highest BCUT2D eigenvalue weighted by atomic mass is 35.5. The Morgan fingerprint density at radius 2 is 2.44 bits per heavy atom. The molecule has 3 heterocycles. The molecule has 1 aliphatic rings. The predicted molar refractivity (Wildman–Crippen MR) is 70.8 cm³/mol. The van der Waals surface area contributed by atoms with Gasteiger partial charge in [0.05, 0.1) is 6.33 Å². The summed E-state index contributed by atoms with van der Waals surface area (Å²) >= 11 is 5.87. The summed E-state index contributed by atoms with van der Waals surface area (Å²) in [4.78, 5) is 17.7. The normalized spacial score (nSPS) is 20.7. The number of hydrogen-bond acceptors (Lipinski definition) is 5. The summed E-state index contributed by atoms with van der Waals surface area (Å²) in [5.74, 6) is 1.39. The van der Waals surface area contributed by atoms with E-state index in [1.54, 1.807) is 6.33 Å². The Hall–Kier alpha value is -1.40. The summed E-state index contributed by atoms with van der Waals surface area (Å²) in [7, 11) is 2.15. The Morgan fingerprint density at radius 3 is 3.22 bits per heavy atom. The van der Waals surface area contributed by atoms with Gasteiger partial charge in [0.15, 0.2) is 11.5 Å². The van der Waals surface area contributed by atoms with E-state index in [1.165, 1.54) is 6.42 Å². The molecule has 0 radical (unpaired) electrons. The molecule has 0 amide bonds. The van der Waals surface area contributed by atoms with Gasteiger partial charge in [-0.05, 0) is 37.5 Å². The second-order valence-corrected chi connectivity index (χ2v) is 5.08. The van der Waals surface area contributed by atoms with Crippen molar-refractivity contribution in [3.63, 3.8) is 0 Å². The van der Waals surface area contributed by atoms with Crippen LogP contribution in [0.4, 0.5) is 5.82 Å². The molecule has 1 atom stereocenters. The van der Waals surface area contributed by atoms with Crippen LogP contribution in [-0.4, -0.2) is 51.5 Å². The Kier molecular flexibility index (Phi) is 3.05. The second-order valence-electron chi connectivity index (χ2n) is 4.74. The SMILES string of the molecule is CN1CCC(CNc2nc(Cl)nc3nc[nH]c23)C1. The van der Waals surface area contributed by atoms with Gasteiger partial charge in [-0.2, -0.15) is 9.97 Å². The van der Waals surface area contributed by atoms with Crippen molar-refractivity contribution in [2.45, 2.75) is 6.42 Å². The highest BCUT2D eigenvalue weighted by Gasteiger charge is 2.19. The van der Waals surface area contributed by atoms with Crippen molar-refractivity contribution in [1.29, 1.82) is 0 Å². The monoisotopic (exact) mass is 266 g/mol. The summed E-state index contributed by atoms with van der Waals surface area (Å²) in [6.07, 6.45) is 2.82. The van der Waals surface area contributed by atoms with Crippen molar-refractivity contribution < 1.29 is 0 Å². The van der Waals surface area contributed by atoms with Crippen LogP contribution in [0.25, 0.3) is 11.2 Å². The quantitative estimate of drug-likeness (QED) is 0.821. The molecule has 1 fully saturated rings. The number of likely N-dealkylation sites (tertiary alicyclic amines) is 1. The van der Waals surface area contributed by atoms with Crippen LogP contribution in [-0.2, 0) is 0 Å². The molecule has 0 saturated carbocycles. The number of aromatic amines is 1. The van der Waals surface area contributed by atoms with Crippen LogP contribution < -0.4 is 5.32 Å². The highest BCUT2D eigenvalue weighted by Crippen LogP contribution is 2.20. The molecule has 0 bridgehead atoms. The lowest BCUT2D eigenvalue weighted by atomic mass is 10.1. The lowest BCUT2D eigenvalue weighted by Gasteiger charge is -2.12. The average molecular weight is 267 g/mol. The maximum absolute atomic E-state index is 5.87. The number of imidazole rings is 1. The van der Waals surface area contributed by atoms with Crippen molar-refractivity contribution in [3.8, 4) is 0 Å². The third-order valence-electron chi connectivity index (χ3n) is 3.31. The predicted octanol–water partition coefficient (Wildman–Crippen LogP) is 1.37. The smallest absolute Gasteiger partial charge is 0.226 e. The molecule has 7 heteroatoms. The minimum Gasteiger partial charge on any atom is -0.368 e. The van der Waals surface area contributed by atoms with Gasteiger partial charge < -0.3 is 15.2 Å². The first kappa shape index (κ1) is 11.7. The molecular weight excluding hydrogens is 252 g/mol. The van der Waals surface area contributed by atoms with E-state index in [4.69, 9.17) is 11.6 Å². The Morgan fingerprint density at radius 1 is 1.56 bits per heavy atom. The average Bonchev–Trinajstić information content (AvgIpc) is 2.94. The minimum atomic E-state index is 0.223. The molecular formula is C11H15ClN6. The van der Waals surface area contributed by atoms with Gasteiger partial charge >= 0.3 is 0 Å². The summed E-state index contributed by atoms with van der Waals surface area (Å²) in [6.45, 7) is 3.18. The van der Waals surface area contributed by atoms with Crippen molar-refractivity contribution in [3.05, 3.63) is 11.6 Å². The molecule has 0 spiro atoms. The Balaban J connectivity index is 1.75. The highest BCUT2D eigenvalue weighted by molar-refractivity contribution is 6.28. The number of aromatic nitrogens is 4. The van der Waals surface area contributed by atoms with Gasteiger partial charge in [0.2, 0.25) is 5.28 Å². The van der Waals surface area contributed by atoms with Crippen LogP contribution in [0.5, 0.6) is 0 Å². The molecule has 1 saturated heterocycles. The molecule has 0 aliphatic carbocycles. The zero-order chi connectivity index (χ0) is 12.5. The lowest BCUT2D eigenvalue weighted by Crippen LogP contribution is -2.19. The molecule has 3 rings (SSSR count). The fourth-order valence-electron chi connectivity index (χ4n) is 2.37. The van der Waals surface area contributed by atoms with E-state index in [0.717, 1.165) is 31.0 Å². The number of H-pyrrole nitrogens is 1. The van der Waals surface area contributed by atoms with Crippen molar-refractivity contribution in [1.82, 2.24) is 24.8 Å². The number of halogens is 1. The molecule has 2 aromatic rings. The minimum absolute atomic E-state index is 0.223. The van der Waals surface area contributed by atoms with E-state index in [9.17, 15) is 0 Å². The van der Waals surface area contributed by atoms with Crippen molar-refractivity contribution in [2.24, 2.45) is 5.92 Å². The molecule has 96 valence electrons. The van der Waals surface area contributed by atoms with Crippen LogP contribution in [0.3, 0.4) is 0 Å². The standard InChI is InChI=1S/C11H15ClN6/c1-18-3-2-7(5-18)4-13-9-8-10(15-6-14-8)17-11(12)16-9/h6-7H,2-5H2,1H3,(H2,13,14,15,16,17). The van der Waals surface area contributed by atoms with E-state index < -0.39 is 0 Å². The number of hydrogen-bond donors (Lipinski definition) is 2. The number of anilines is 1. The van der Waals surface area contributed by atoms with E-state index in [1.807, 2.05) is 0 Å². The molecule has 2 N–H and O–H groups in total. The van der Waals surface area contributed by atoms with Gasteiger partial charge in [-0.1, -0.05) is 0 Å². The maximum atomic E-state index is 5.87. The number of rotatable bonds is 3. The van der Waals surface area contributed by atoms with Crippen LogP contribution in [0, 0.1) is 5.92 Å². The van der Waals surface area contributed by atoms with E-state index >= 15 is 0 Å². The number of nitrogens with one attached hydrogen (secondary N) is 2. The Labute approximate surface area is 110 Å². The van der Waals surface area contributed by atoms with E-state index in [0.29, 0.717) is 11.6 Å². The molecule has 18 heavy (non-hydrogen) atoms.